The van der Waals surface area contributed by atoms with Gasteiger partial charge in [0.25, 0.3) is 5.91 Å². The molecule has 1 fully saturated rings. The van der Waals surface area contributed by atoms with E-state index in [1.54, 1.807) is 6.92 Å². The minimum absolute atomic E-state index is 0.0175. The van der Waals surface area contributed by atoms with Crippen LogP contribution in [0.25, 0.3) is 0 Å². The molecule has 0 unspecified atom stereocenters. The molecule has 0 aromatic heterocycles. The largest absolute Gasteiger partial charge is 0.507 e. The Morgan fingerprint density at radius 1 is 0.981 bits per heavy atom. The van der Waals surface area contributed by atoms with Gasteiger partial charge < -0.3 is 60.2 Å². The van der Waals surface area contributed by atoms with Gasteiger partial charge in [-0.1, -0.05) is 6.07 Å². The van der Waals surface area contributed by atoms with Crippen LogP contribution in [0.4, 0.5) is 0 Å². The summed E-state index contributed by atoms with van der Waals surface area (Å²) < 4.78 is 22.1. The summed E-state index contributed by atoms with van der Waals surface area (Å²) in [6.45, 7) is 2.40. The fraction of sp³-hybridized carbons (Fsp3) is 0.457. The molecular formula is C35H38N2O15. The number of aliphatic hydroxyl groups is 4. The Morgan fingerprint density at radius 2 is 1.65 bits per heavy atom. The Kier molecular flexibility index (Phi) is 9.38. The molecule has 8 atom stereocenters. The molecule has 0 bridgehead atoms. The normalized spacial score (nSPS) is 30.9. The van der Waals surface area contributed by atoms with Gasteiger partial charge in [0.05, 0.1) is 41.2 Å². The van der Waals surface area contributed by atoms with Crippen molar-refractivity contribution in [3.63, 3.8) is 0 Å². The monoisotopic (exact) mass is 726 g/mol. The number of methoxy groups -OCH3 is 3. The maximum atomic E-state index is 14.7. The summed E-state index contributed by atoms with van der Waals surface area (Å²) in [7, 11) is 3.56. The smallest absolute Gasteiger partial charge is 0.255 e. The van der Waals surface area contributed by atoms with E-state index in [4.69, 9.17) is 18.9 Å². The molecule has 1 saturated heterocycles. The highest BCUT2D eigenvalue weighted by Crippen LogP contribution is 2.56. The molecule has 0 radical (unpaired) electrons. The van der Waals surface area contributed by atoms with Crippen LogP contribution in [0, 0.1) is 6.92 Å². The van der Waals surface area contributed by atoms with E-state index in [1.165, 1.54) is 27.2 Å². The SMILES string of the molecule is CO[C@@H]1[C@@H](O)[C@@H](OC)[C@@H](NC2=CC(=O)c3c(cc4c(c3O)C(=O)[C@]3(OC)[C@H](O)Cc5cc(C)c(C(=O)NCCO)c(O)c5[C@]3(O)C4=O)C2=O)O[C@H]1C. The Hall–Kier alpha value is -4.59. The molecule has 4 aliphatic rings. The third-order valence-corrected chi connectivity index (χ3v) is 10.4. The average molecular weight is 727 g/mol. The number of hydrogen-bond donors (Lipinski definition) is 8. The van der Waals surface area contributed by atoms with Gasteiger partial charge >= 0.3 is 0 Å². The summed E-state index contributed by atoms with van der Waals surface area (Å²) in [6.07, 6.45) is -6.63. The van der Waals surface area contributed by atoms with Crippen LogP contribution in [0.5, 0.6) is 11.5 Å². The number of aromatic hydroxyl groups is 2. The number of rotatable bonds is 8. The van der Waals surface area contributed by atoms with E-state index < -0.39 is 135 Å². The second-order valence-electron chi connectivity index (χ2n) is 13.1. The molecule has 2 aromatic rings. The fourth-order valence-electron chi connectivity index (χ4n) is 8.03. The molecule has 1 amide bonds. The number of amides is 1. The number of ketones is 4. The zero-order chi connectivity index (χ0) is 38.2. The van der Waals surface area contributed by atoms with Crippen molar-refractivity contribution in [3.8, 4) is 11.5 Å². The van der Waals surface area contributed by atoms with Crippen molar-refractivity contribution < 1.29 is 73.6 Å². The van der Waals surface area contributed by atoms with E-state index in [-0.39, 0.29) is 23.4 Å². The van der Waals surface area contributed by atoms with Crippen molar-refractivity contribution in [2.45, 2.75) is 68.2 Å². The maximum Gasteiger partial charge on any atom is 0.255 e. The summed E-state index contributed by atoms with van der Waals surface area (Å²) in [6, 6.07) is 2.17. The molecule has 3 aliphatic carbocycles. The summed E-state index contributed by atoms with van der Waals surface area (Å²) in [5.41, 5.74) is -10.2. The van der Waals surface area contributed by atoms with Crippen molar-refractivity contribution in [2.24, 2.45) is 0 Å². The molecule has 17 nitrogen and oxygen atoms in total. The molecule has 17 heteroatoms. The van der Waals surface area contributed by atoms with Crippen molar-refractivity contribution in [1.29, 1.82) is 0 Å². The number of phenols is 2. The first-order valence-corrected chi connectivity index (χ1v) is 16.2. The van der Waals surface area contributed by atoms with Gasteiger partial charge in [-0.05, 0) is 31.0 Å². The van der Waals surface area contributed by atoms with Crippen molar-refractivity contribution in [1.82, 2.24) is 10.6 Å². The number of phenolic OH excluding ortho intramolecular Hbond substituents is 2. The lowest BCUT2D eigenvalue weighted by Crippen LogP contribution is -2.73. The topological polar surface area (TPSA) is 268 Å². The van der Waals surface area contributed by atoms with Crippen LogP contribution < -0.4 is 10.6 Å². The summed E-state index contributed by atoms with van der Waals surface area (Å²) in [5, 5.41) is 72.2. The number of benzene rings is 2. The second-order valence-corrected chi connectivity index (χ2v) is 13.1. The number of aliphatic hydroxyl groups excluding tert-OH is 3. The highest BCUT2D eigenvalue weighted by atomic mass is 16.6. The highest BCUT2D eigenvalue weighted by Gasteiger charge is 2.72. The van der Waals surface area contributed by atoms with Crippen LogP contribution in [0.1, 0.15) is 75.4 Å². The molecule has 6 rings (SSSR count). The summed E-state index contributed by atoms with van der Waals surface area (Å²) in [4.78, 5) is 69.7. The van der Waals surface area contributed by atoms with Crippen LogP contribution in [-0.4, -0.2) is 137 Å². The number of fused-ring (bicyclic) bond motifs is 5. The van der Waals surface area contributed by atoms with Crippen molar-refractivity contribution in [2.75, 3.05) is 34.5 Å². The fourth-order valence-corrected chi connectivity index (χ4v) is 8.03. The van der Waals surface area contributed by atoms with E-state index in [0.29, 0.717) is 0 Å². The van der Waals surface area contributed by atoms with E-state index in [2.05, 4.69) is 10.6 Å². The van der Waals surface area contributed by atoms with Crippen LogP contribution in [0.2, 0.25) is 0 Å². The summed E-state index contributed by atoms with van der Waals surface area (Å²) in [5.74, 6) is -7.59. The molecular weight excluding hydrogens is 688 g/mol. The van der Waals surface area contributed by atoms with E-state index in [9.17, 15) is 54.6 Å². The standard InChI is InChI=1S/C35H38N2O15/c1-12-8-14-9-19(40)35(51-5)31(46)22-16(30(45)34(35,48)23(14)26(43)20(12)32(47)36-6-7-38)10-15-21(25(22)42)18(39)11-17(24(15)41)37-33-29(50-4)27(44)28(49-3)13(2)52-33/h8,10-11,13,19,27-29,33,37-38,40,42-44,48H,6-7,9H2,1-5H3,(H,36,47)/t13-,19+,27+,28-,29+,33-,34-,35+/m0/s1. The Morgan fingerprint density at radius 3 is 2.27 bits per heavy atom. The highest BCUT2D eigenvalue weighted by molar-refractivity contribution is 6.31. The van der Waals surface area contributed by atoms with E-state index >= 15 is 0 Å². The van der Waals surface area contributed by atoms with Crippen molar-refractivity contribution >= 4 is 29.0 Å². The van der Waals surface area contributed by atoms with Gasteiger partial charge in [0, 0.05) is 57.1 Å². The first-order chi connectivity index (χ1) is 24.6. The molecule has 0 spiro atoms. The second kappa shape index (κ2) is 13.1. The summed E-state index contributed by atoms with van der Waals surface area (Å²) >= 11 is 0. The number of carbonyl (C=O) groups is 5. The zero-order valence-electron chi connectivity index (χ0n) is 28.7. The predicted molar refractivity (Wildman–Crippen MR) is 174 cm³/mol. The number of hydrogen-bond acceptors (Lipinski definition) is 16. The molecule has 1 heterocycles. The van der Waals surface area contributed by atoms with Gasteiger partial charge in [0.2, 0.25) is 17.3 Å². The van der Waals surface area contributed by atoms with Crippen molar-refractivity contribution in [3.05, 3.63) is 68.4 Å². The molecule has 0 saturated carbocycles. The van der Waals surface area contributed by atoms with Crippen LogP contribution in [0.3, 0.4) is 0 Å². The Bertz CT molecular complexity index is 1960. The quantitative estimate of drug-likeness (QED) is 0.157. The number of aryl methyl sites for hydroxylation is 1. The number of ether oxygens (including phenoxy) is 4. The first-order valence-electron chi connectivity index (χ1n) is 16.2. The van der Waals surface area contributed by atoms with Gasteiger partial charge in [0.15, 0.2) is 23.2 Å². The molecule has 52 heavy (non-hydrogen) atoms. The first kappa shape index (κ1) is 37.2. The minimum Gasteiger partial charge on any atom is -0.507 e. The van der Waals surface area contributed by atoms with Crippen LogP contribution in [-0.2, 0) is 31.0 Å². The van der Waals surface area contributed by atoms with Gasteiger partial charge in [-0.15, -0.1) is 0 Å². The molecule has 2 aromatic carbocycles. The Labute approximate surface area is 295 Å². The molecule has 1 aliphatic heterocycles. The number of Topliss-reactive ketones (excluding diaryl/α,β-unsaturated/α-hetero) is 3. The van der Waals surface area contributed by atoms with Crippen LogP contribution in [0.15, 0.2) is 23.9 Å². The van der Waals surface area contributed by atoms with E-state index in [0.717, 1.165) is 19.3 Å². The van der Waals surface area contributed by atoms with Crippen LogP contribution >= 0.6 is 0 Å². The lowest BCUT2D eigenvalue weighted by atomic mass is 9.56. The number of carbonyl (C=O) groups excluding carboxylic acids is 5. The minimum atomic E-state index is -3.26. The van der Waals surface area contributed by atoms with E-state index in [1.807, 2.05) is 0 Å². The third-order valence-electron chi connectivity index (χ3n) is 10.4. The average Bonchev–Trinajstić information content (AvgIpc) is 3.08. The number of allylic oxidation sites excluding steroid dienone is 2. The van der Waals surface area contributed by atoms with Gasteiger partial charge in [0.1, 0.15) is 29.8 Å². The Balaban J connectivity index is 1.50. The van der Waals surface area contributed by atoms with Gasteiger partial charge in [-0.3, -0.25) is 24.0 Å². The predicted octanol–water partition coefficient (Wildman–Crippen LogP) is -1.31. The lowest BCUT2D eigenvalue weighted by Gasteiger charge is -2.53. The maximum absolute atomic E-state index is 14.7. The number of nitrogens with one attached hydrogen (secondary N) is 2. The lowest BCUT2D eigenvalue weighted by molar-refractivity contribution is -0.236. The van der Waals surface area contributed by atoms with Gasteiger partial charge in [-0.25, -0.2) is 0 Å². The molecule has 8 N–H and O–H groups in total. The third kappa shape index (κ3) is 4.88. The molecule has 278 valence electrons. The van der Waals surface area contributed by atoms with Gasteiger partial charge in [-0.2, -0.15) is 0 Å². The zero-order valence-corrected chi connectivity index (χ0v) is 28.7.